The van der Waals surface area contributed by atoms with Crippen LogP contribution in [0.25, 0.3) is 0 Å². The molecule has 0 fully saturated rings. The normalized spacial score (nSPS) is 12.5. The molecule has 0 amide bonds. The van der Waals surface area contributed by atoms with Crippen LogP contribution >= 0.6 is 17.2 Å². The van der Waals surface area contributed by atoms with Crippen LogP contribution in [0.15, 0.2) is 48.5 Å². The molecule has 0 saturated carbocycles. The Morgan fingerprint density at radius 2 is 0.423 bits per heavy atom. The van der Waals surface area contributed by atoms with Gasteiger partial charge in [-0.05, 0) is 113 Å². The van der Waals surface area contributed by atoms with Gasteiger partial charge in [0.05, 0.1) is 38.7 Å². The van der Waals surface area contributed by atoms with E-state index in [0.717, 1.165) is 23.0 Å². The Hall–Kier alpha value is -2.66. The van der Waals surface area contributed by atoms with Crippen molar-refractivity contribution in [1.82, 2.24) is 0 Å². The molecule has 0 N–H and O–H groups in total. The number of rotatable bonds is 8. The predicted molar refractivity (Wildman–Crippen MR) is 316 cm³/mol. The van der Waals surface area contributed by atoms with Crippen LogP contribution in [0.1, 0.15) is 211 Å². The first kappa shape index (κ1) is 68.3. The van der Waals surface area contributed by atoms with Gasteiger partial charge in [0.2, 0.25) is 0 Å². The smallest absolute Gasteiger partial charge is 0.701 e. The van der Waals surface area contributed by atoms with Gasteiger partial charge in [-0.2, -0.15) is 0 Å². The first-order valence-electron chi connectivity index (χ1n) is 24.6. The topological polar surface area (TPSA) is 36.9 Å². The van der Waals surface area contributed by atoms with Gasteiger partial charge in [0.25, 0.3) is 0 Å². The Bertz CT molecular complexity index is 1950. The van der Waals surface area contributed by atoms with Crippen molar-refractivity contribution in [3.05, 3.63) is 107 Å². The first-order valence-corrected chi connectivity index (χ1v) is 27.1. The fourth-order valence-corrected chi connectivity index (χ4v) is 10.9. The maximum Gasteiger partial charge on any atom is 2.00 e. The Morgan fingerprint density at radius 1 is 0.324 bits per heavy atom. The summed E-state index contributed by atoms with van der Waals surface area (Å²) in [5, 5.41) is 5.43. The Balaban J connectivity index is 0.00000127. The maximum atomic E-state index is 5.98. The van der Waals surface area contributed by atoms with Gasteiger partial charge in [0.1, 0.15) is 23.0 Å². The molecule has 71 heavy (non-hydrogen) atoms. The molecule has 0 aromatic heterocycles. The molecule has 396 valence electrons. The molecule has 4 radical (unpaired) electrons. The third-order valence-electron chi connectivity index (χ3n) is 12.2. The summed E-state index contributed by atoms with van der Waals surface area (Å²) in [6.45, 7) is 54.5. The van der Waals surface area contributed by atoms with Gasteiger partial charge in [0, 0.05) is 44.5 Å². The Kier molecular flexibility index (Phi) is 24.3. The molecular weight excluding hydrogens is 1010 g/mol. The monoisotopic (exact) mass is 1110 g/mol. The molecule has 4 aromatic carbocycles. The molecule has 0 aliphatic rings. The van der Waals surface area contributed by atoms with E-state index >= 15 is 0 Å². The van der Waals surface area contributed by atoms with Gasteiger partial charge >= 0.3 is 19.5 Å². The second-order valence-electron chi connectivity index (χ2n) is 26.8. The molecule has 0 unspecified atom stereocenters. The van der Waals surface area contributed by atoms with E-state index in [2.05, 4.69) is 225 Å². The van der Waals surface area contributed by atoms with Crippen molar-refractivity contribution < 1.29 is 38.4 Å². The summed E-state index contributed by atoms with van der Waals surface area (Å²) in [5.41, 5.74) is 12.0. The fourth-order valence-electron chi connectivity index (χ4n) is 8.47. The maximum absolute atomic E-state index is 5.98. The van der Waals surface area contributed by atoms with Crippen LogP contribution in [-0.2, 0) is 62.8 Å². The van der Waals surface area contributed by atoms with Gasteiger partial charge in [0.15, 0.2) is 0 Å². The minimum Gasteiger partial charge on any atom is -0.701 e. The van der Waals surface area contributed by atoms with E-state index in [9.17, 15) is 0 Å². The third kappa shape index (κ3) is 18.3. The molecule has 0 spiro atoms. The van der Waals surface area contributed by atoms with Crippen molar-refractivity contribution in [2.75, 3.05) is 28.4 Å². The fraction of sp³-hybridized carbons (Fsp3) is 0.571. The van der Waals surface area contributed by atoms with E-state index in [1.54, 1.807) is 34.0 Å². The average Bonchev–Trinajstić information content (AvgIpc) is 3.17. The van der Waals surface area contributed by atoms with E-state index in [1.807, 2.05) is 0 Å². The number of methoxy groups -OCH3 is 4. The van der Waals surface area contributed by atoms with Crippen LogP contribution in [0.5, 0.6) is 23.0 Å². The van der Waals surface area contributed by atoms with Crippen molar-refractivity contribution in [3.8, 4) is 28.5 Å². The first-order chi connectivity index (χ1) is 31.0. The number of hydrogen-bond donors (Lipinski definition) is 0. The summed E-state index contributed by atoms with van der Waals surface area (Å²) in [4.78, 5) is 0. The Labute approximate surface area is 457 Å². The van der Waals surface area contributed by atoms with Crippen LogP contribution in [0, 0.1) is 19.4 Å². The predicted octanol–water partition coefficient (Wildman–Crippen LogP) is 15.2. The summed E-state index contributed by atoms with van der Waals surface area (Å²) >= 11 is 0. The van der Waals surface area contributed by atoms with E-state index < -0.39 is 0 Å². The summed E-state index contributed by atoms with van der Waals surface area (Å²) < 4.78 is 23.9. The minimum atomic E-state index is -0.00111. The third-order valence-corrected chi connectivity index (χ3v) is 14.5. The largest absolute Gasteiger partial charge is 2.00 e. The Morgan fingerprint density at radius 3 is 0.493 bits per heavy atom. The van der Waals surface area contributed by atoms with Crippen molar-refractivity contribution in [2.45, 2.75) is 209 Å². The quantitative estimate of drug-likeness (QED) is 0.0763. The van der Waals surface area contributed by atoms with Gasteiger partial charge < -0.3 is 38.3 Å². The van der Waals surface area contributed by atoms with Crippen LogP contribution in [0.2, 0.25) is 0 Å². The number of benzene rings is 4. The SMILES string of the molecule is COc1c(C(C)(C)C)cc(Pc2cc(C(C)(C)C)c(OC)c(C(C)(C)C)c2)cc1C(C)(C)C.COc1c(C(C)(C)C)cc(Pc2cc(C(C)(C)C)c(OC)c(C(C)(C)C)c2)cc1C(C)(C)C.[C-]#C[Si].[CH3-].[Rh+2]. The van der Waals surface area contributed by atoms with Crippen LogP contribution in [-0.4, -0.2) is 38.7 Å². The van der Waals surface area contributed by atoms with Crippen LogP contribution in [0.4, 0.5) is 0 Å². The second kappa shape index (κ2) is 25.2. The summed E-state index contributed by atoms with van der Waals surface area (Å²) in [6.07, 6.45) is 5.87. The summed E-state index contributed by atoms with van der Waals surface area (Å²) in [5.74, 6) is 4.13. The van der Waals surface area contributed by atoms with Crippen molar-refractivity contribution >= 4 is 48.6 Å². The van der Waals surface area contributed by atoms with Crippen molar-refractivity contribution in [2.24, 2.45) is 0 Å². The molecule has 8 heteroatoms. The molecule has 0 aliphatic heterocycles. The molecule has 0 heterocycles. The zero-order chi connectivity index (χ0) is 53.8. The van der Waals surface area contributed by atoms with Crippen molar-refractivity contribution in [1.29, 1.82) is 0 Å². The molecule has 0 aliphatic carbocycles. The van der Waals surface area contributed by atoms with Gasteiger partial charge in [-0.25, -0.2) is 0 Å². The van der Waals surface area contributed by atoms with Gasteiger partial charge in [-0.1, -0.05) is 183 Å². The zero-order valence-corrected chi connectivity index (χ0v) is 54.7. The summed E-state index contributed by atoms with van der Waals surface area (Å²) in [7, 11) is 10.9. The molecule has 4 aromatic rings. The number of hydrogen-bond acceptors (Lipinski definition) is 4. The average molecular weight is 1110 g/mol. The molecule has 0 atom stereocenters. The van der Waals surface area contributed by atoms with E-state index in [0.29, 0.717) is 17.2 Å². The molecule has 0 bridgehead atoms. The molecule has 0 saturated heterocycles. The van der Waals surface area contributed by atoms with E-state index in [4.69, 9.17) is 25.4 Å². The van der Waals surface area contributed by atoms with E-state index in [-0.39, 0.29) is 70.2 Å². The standard InChI is InChI=1S/2C30H47O2P.C2Si.CH3.Rh/c2*1-27(2,3)21-15-19(16-22(25(21)31-13)28(4,5)6)33-20-17-23(29(7,8)9)26(32-14)24(18-20)30(10,11)12;1-2-3;;/h2*15-18,33H,1-14H3;;1H3;/q;;2*-1;+2. The molecular formula is C63H97O4P2RhSi. The second-order valence-corrected chi connectivity index (χ2v) is 29.9. The van der Waals surface area contributed by atoms with Gasteiger partial charge in [-0.15, -0.1) is 0 Å². The molecule has 4 rings (SSSR count). The number of ether oxygens (including phenoxy) is 4. The zero-order valence-electron chi connectivity index (χ0n) is 50.1. The molecule has 4 nitrogen and oxygen atoms in total. The van der Waals surface area contributed by atoms with E-state index in [1.165, 1.54) is 65.7 Å². The van der Waals surface area contributed by atoms with Gasteiger partial charge in [-0.3, -0.25) is 0 Å². The summed E-state index contributed by atoms with van der Waals surface area (Å²) in [6, 6.07) is 18.9. The minimum absolute atomic E-state index is 0. The van der Waals surface area contributed by atoms with Crippen LogP contribution in [0.3, 0.4) is 0 Å². The van der Waals surface area contributed by atoms with Crippen LogP contribution < -0.4 is 40.2 Å². The van der Waals surface area contributed by atoms with Crippen molar-refractivity contribution in [3.63, 3.8) is 0 Å².